The SMILES string of the molecule is Cc1cc(C)c(NC(=O)CN2CCOC(CN)C2)c(C)c1. The van der Waals surface area contributed by atoms with Gasteiger partial charge in [-0.05, 0) is 31.9 Å². The van der Waals surface area contributed by atoms with Crippen LogP contribution in [0.15, 0.2) is 12.1 Å². The Kier molecular flexibility index (Phi) is 5.33. The molecule has 1 unspecified atom stereocenters. The molecule has 0 bridgehead atoms. The maximum atomic E-state index is 12.2. The molecule has 21 heavy (non-hydrogen) atoms. The maximum Gasteiger partial charge on any atom is 0.238 e. The molecule has 0 aliphatic carbocycles. The number of aryl methyl sites for hydroxylation is 3. The molecule has 0 saturated carbocycles. The van der Waals surface area contributed by atoms with Crippen LogP contribution in [0.25, 0.3) is 0 Å². The zero-order valence-corrected chi connectivity index (χ0v) is 13.1. The van der Waals surface area contributed by atoms with Gasteiger partial charge >= 0.3 is 0 Å². The molecule has 0 aromatic heterocycles. The summed E-state index contributed by atoms with van der Waals surface area (Å²) < 4.78 is 5.51. The van der Waals surface area contributed by atoms with Gasteiger partial charge in [-0.2, -0.15) is 0 Å². The van der Waals surface area contributed by atoms with Gasteiger partial charge in [0.25, 0.3) is 0 Å². The first-order valence-corrected chi connectivity index (χ1v) is 7.41. The summed E-state index contributed by atoms with van der Waals surface area (Å²) in [4.78, 5) is 14.3. The largest absolute Gasteiger partial charge is 0.374 e. The van der Waals surface area contributed by atoms with Crippen molar-refractivity contribution in [1.29, 1.82) is 0 Å². The van der Waals surface area contributed by atoms with Gasteiger partial charge in [0.05, 0.1) is 19.3 Å². The topological polar surface area (TPSA) is 67.6 Å². The molecule has 1 aromatic carbocycles. The summed E-state index contributed by atoms with van der Waals surface area (Å²) >= 11 is 0. The summed E-state index contributed by atoms with van der Waals surface area (Å²) in [6.07, 6.45) is 0.0365. The van der Waals surface area contributed by atoms with Crippen molar-refractivity contribution in [2.24, 2.45) is 5.73 Å². The number of anilines is 1. The van der Waals surface area contributed by atoms with E-state index in [1.165, 1.54) is 5.56 Å². The number of hydrogen-bond acceptors (Lipinski definition) is 4. The molecule has 5 nitrogen and oxygen atoms in total. The highest BCUT2D eigenvalue weighted by Gasteiger charge is 2.21. The number of hydrogen-bond donors (Lipinski definition) is 2. The van der Waals surface area contributed by atoms with Crippen LogP contribution < -0.4 is 11.1 Å². The molecule has 1 atom stereocenters. The normalized spacial score (nSPS) is 19.5. The zero-order valence-electron chi connectivity index (χ0n) is 13.1. The van der Waals surface area contributed by atoms with E-state index in [1.54, 1.807) is 0 Å². The molecule has 1 saturated heterocycles. The monoisotopic (exact) mass is 291 g/mol. The Morgan fingerprint density at radius 3 is 2.67 bits per heavy atom. The van der Waals surface area contributed by atoms with Crippen molar-refractivity contribution in [2.45, 2.75) is 26.9 Å². The Labute approximate surface area is 126 Å². The van der Waals surface area contributed by atoms with Crippen molar-refractivity contribution < 1.29 is 9.53 Å². The second-order valence-corrected chi connectivity index (χ2v) is 5.79. The van der Waals surface area contributed by atoms with Gasteiger partial charge in [-0.25, -0.2) is 0 Å². The summed E-state index contributed by atoms with van der Waals surface area (Å²) in [7, 11) is 0. The molecule has 0 radical (unpaired) electrons. The van der Waals surface area contributed by atoms with Gasteiger partial charge in [-0.3, -0.25) is 9.69 Å². The molecule has 1 fully saturated rings. The molecule has 0 spiro atoms. The van der Waals surface area contributed by atoms with Crippen LogP contribution in [0.4, 0.5) is 5.69 Å². The molecule has 2 rings (SSSR count). The van der Waals surface area contributed by atoms with Crippen molar-refractivity contribution in [3.05, 3.63) is 28.8 Å². The average molecular weight is 291 g/mol. The number of rotatable bonds is 4. The summed E-state index contributed by atoms with van der Waals surface area (Å²) in [6, 6.07) is 4.17. The van der Waals surface area contributed by atoms with Gasteiger partial charge in [0.1, 0.15) is 0 Å². The number of morpholine rings is 1. The smallest absolute Gasteiger partial charge is 0.238 e. The second-order valence-electron chi connectivity index (χ2n) is 5.79. The lowest BCUT2D eigenvalue weighted by atomic mass is 10.1. The molecule has 1 amide bonds. The molecule has 1 aromatic rings. The number of nitrogens with two attached hydrogens (primary N) is 1. The molecule has 1 aliphatic heterocycles. The number of amides is 1. The van der Waals surface area contributed by atoms with E-state index in [2.05, 4.69) is 29.3 Å². The molecular weight excluding hydrogens is 266 g/mol. The number of carbonyl (C=O) groups excluding carboxylic acids is 1. The molecular formula is C16H25N3O2. The van der Waals surface area contributed by atoms with Gasteiger partial charge in [0, 0.05) is 25.3 Å². The molecule has 3 N–H and O–H groups in total. The lowest BCUT2D eigenvalue weighted by Crippen LogP contribution is -2.48. The lowest BCUT2D eigenvalue weighted by molar-refractivity contribution is -0.119. The van der Waals surface area contributed by atoms with Crippen LogP contribution in [-0.4, -0.2) is 49.7 Å². The number of benzene rings is 1. The summed E-state index contributed by atoms with van der Waals surface area (Å²) in [6.45, 7) is 9.11. The molecule has 116 valence electrons. The number of nitrogens with zero attached hydrogens (tertiary/aromatic N) is 1. The van der Waals surface area contributed by atoms with Crippen molar-refractivity contribution in [1.82, 2.24) is 4.90 Å². The Morgan fingerprint density at radius 2 is 2.05 bits per heavy atom. The first kappa shape index (κ1) is 15.9. The average Bonchev–Trinajstić information content (AvgIpc) is 2.43. The Bertz CT molecular complexity index is 493. The van der Waals surface area contributed by atoms with E-state index in [0.717, 1.165) is 29.9 Å². The summed E-state index contributed by atoms with van der Waals surface area (Å²) in [5, 5.41) is 3.03. The van der Waals surface area contributed by atoms with Crippen molar-refractivity contribution in [3.8, 4) is 0 Å². The quantitative estimate of drug-likeness (QED) is 0.875. The van der Waals surface area contributed by atoms with Crippen LogP contribution in [0.2, 0.25) is 0 Å². The standard InChI is InChI=1S/C16H25N3O2/c1-11-6-12(2)16(13(3)7-11)18-15(20)10-19-4-5-21-14(8-17)9-19/h6-7,14H,4-5,8-10,17H2,1-3H3,(H,18,20). The van der Waals surface area contributed by atoms with Gasteiger partial charge in [-0.1, -0.05) is 17.7 Å². The Balaban J connectivity index is 1.96. The van der Waals surface area contributed by atoms with Crippen LogP contribution in [0.5, 0.6) is 0 Å². The minimum Gasteiger partial charge on any atom is -0.374 e. The summed E-state index contributed by atoms with van der Waals surface area (Å²) in [5.41, 5.74) is 9.96. The summed E-state index contributed by atoms with van der Waals surface area (Å²) in [5.74, 6) is 0.0164. The van der Waals surface area contributed by atoms with E-state index < -0.39 is 0 Å². The number of ether oxygens (including phenoxy) is 1. The van der Waals surface area contributed by atoms with E-state index in [0.29, 0.717) is 19.7 Å². The third-order valence-corrected chi connectivity index (χ3v) is 3.79. The fraction of sp³-hybridized carbons (Fsp3) is 0.562. The van der Waals surface area contributed by atoms with Crippen molar-refractivity contribution in [2.75, 3.05) is 38.1 Å². The number of nitrogens with one attached hydrogen (secondary N) is 1. The molecule has 5 heteroatoms. The van der Waals surface area contributed by atoms with E-state index in [9.17, 15) is 4.79 Å². The highest BCUT2D eigenvalue weighted by molar-refractivity contribution is 5.93. The van der Waals surface area contributed by atoms with Gasteiger partial charge < -0.3 is 15.8 Å². The van der Waals surface area contributed by atoms with E-state index in [4.69, 9.17) is 10.5 Å². The predicted octanol–water partition coefficient (Wildman–Crippen LogP) is 1.21. The maximum absolute atomic E-state index is 12.2. The Morgan fingerprint density at radius 1 is 1.38 bits per heavy atom. The number of carbonyl (C=O) groups is 1. The first-order chi connectivity index (χ1) is 9.99. The van der Waals surface area contributed by atoms with Gasteiger partial charge in [0.2, 0.25) is 5.91 Å². The predicted molar refractivity (Wildman–Crippen MR) is 84.5 cm³/mol. The first-order valence-electron chi connectivity index (χ1n) is 7.41. The third kappa shape index (κ3) is 4.27. The molecule has 1 aliphatic rings. The fourth-order valence-electron chi connectivity index (χ4n) is 2.83. The molecule has 1 heterocycles. The van der Waals surface area contributed by atoms with E-state index >= 15 is 0 Å². The highest BCUT2D eigenvalue weighted by atomic mass is 16.5. The van der Waals surface area contributed by atoms with Crippen LogP contribution >= 0.6 is 0 Å². The Hall–Kier alpha value is -1.43. The van der Waals surface area contributed by atoms with Crippen LogP contribution in [-0.2, 0) is 9.53 Å². The minimum absolute atomic E-state index is 0.0164. The van der Waals surface area contributed by atoms with Crippen molar-refractivity contribution in [3.63, 3.8) is 0 Å². The lowest BCUT2D eigenvalue weighted by Gasteiger charge is -2.31. The highest BCUT2D eigenvalue weighted by Crippen LogP contribution is 2.21. The van der Waals surface area contributed by atoms with Crippen LogP contribution in [0.1, 0.15) is 16.7 Å². The van der Waals surface area contributed by atoms with E-state index in [1.807, 2.05) is 13.8 Å². The van der Waals surface area contributed by atoms with Crippen molar-refractivity contribution >= 4 is 11.6 Å². The third-order valence-electron chi connectivity index (χ3n) is 3.79. The van der Waals surface area contributed by atoms with E-state index in [-0.39, 0.29) is 12.0 Å². The second kappa shape index (κ2) is 7.02. The minimum atomic E-state index is 0.0164. The van der Waals surface area contributed by atoms with Gasteiger partial charge in [-0.15, -0.1) is 0 Å². The van der Waals surface area contributed by atoms with Crippen LogP contribution in [0.3, 0.4) is 0 Å². The van der Waals surface area contributed by atoms with Crippen LogP contribution in [0, 0.1) is 20.8 Å². The zero-order chi connectivity index (χ0) is 15.4. The fourth-order valence-corrected chi connectivity index (χ4v) is 2.83. The van der Waals surface area contributed by atoms with Gasteiger partial charge in [0.15, 0.2) is 0 Å².